The molecule has 3 heteroatoms. The first-order chi connectivity index (χ1) is 13.4. The van der Waals surface area contributed by atoms with Gasteiger partial charge in [0.05, 0.1) is 0 Å². The first kappa shape index (κ1) is 24.9. The standard InChI is InChI=1S/C25H45NO2/c1-21-22(25(2,3)20-19-23(21)27)17-15-13-11-9-7-5-6-8-10-12-14-16-18-24(28)26-4/h5-20H2,1-4H3,(H,26,28). The lowest BCUT2D eigenvalue weighted by Crippen LogP contribution is -2.25. The van der Waals surface area contributed by atoms with E-state index in [1.165, 1.54) is 76.2 Å². The van der Waals surface area contributed by atoms with Gasteiger partial charge >= 0.3 is 0 Å². The Hall–Kier alpha value is -1.12. The van der Waals surface area contributed by atoms with Crippen molar-refractivity contribution in [3.05, 3.63) is 11.1 Å². The number of hydrogen-bond donors (Lipinski definition) is 1. The number of Topliss-reactive ketones (excluding diaryl/α,β-unsaturated/α-hetero) is 1. The van der Waals surface area contributed by atoms with Crippen LogP contribution in [0.5, 0.6) is 0 Å². The molecule has 0 aromatic rings. The molecule has 1 rings (SSSR count). The lowest BCUT2D eigenvalue weighted by molar-refractivity contribution is -0.120. The van der Waals surface area contributed by atoms with Crippen molar-refractivity contribution in [2.75, 3.05) is 7.05 Å². The molecule has 1 aliphatic carbocycles. The molecule has 3 nitrogen and oxygen atoms in total. The number of carbonyl (C=O) groups is 2. The predicted molar refractivity (Wildman–Crippen MR) is 119 cm³/mol. The number of allylic oxidation sites excluding steroid dienone is 2. The monoisotopic (exact) mass is 391 g/mol. The van der Waals surface area contributed by atoms with Gasteiger partial charge in [0, 0.05) is 19.9 Å². The van der Waals surface area contributed by atoms with Gasteiger partial charge in [0.25, 0.3) is 0 Å². The molecular weight excluding hydrogens is 346 g/mol. The molecule has 0 fully saturated rings. The fraction of sp³-hybridized carbons (Fsp3) is 0.840. The second kappa shape index (κ2) is 14.0. The first-order valence-corrected chi connectivity index (χ1v) is 11.8. The van der Waals surface area contributed by atoms with Gasteiger partial charge in [-0.1, -0.05) is 83.6 Å². The van der Waals surface area contributed by atoms with E-state index in [1.54, 1.807) is 7.05 Å². The molecule has 0 saturated heterocycles. The molecule has 1 N–H and O–H groups in total. The van der Waals surface area contributed by atoms with Crippen molar-refractivity contribution in [1.29, 1.82) is 0 Å². The highest BCUT2D eigenvalue weighted by molar-refractivity contribution is 5.96. The first-order valence-electron chi connectivity index (χ1n) is 11.8. The van der Waals surface area contributed by atoms with Crippen molar-refractivity contribution in [1.82, 2.24) is 5.32 Å². The minimum absolute atomic E-state index is 0.169. The van der Waals surface area contributed by atoms with Gasteiger partial charge in [-0.15, -0.1) is 0 Å². The zero-order valence-electron chi connectivity index (χ0n) is 19.1. The van der Waals surface area contributed by atoms with E-state index in [4.69, 9.17) is 0 Å². The minimum Gasteiger partial charge on any atom is -0.359 e. The number of hydrogen-bond acceptors (Lipinski definition) is 2. The second-order valence-electron chi connectivity index (χ2n) is 9.33. The third-order valence-electron chi connectivity index (χ3n) is 6.52. The molecule has 0 radical (unpaired) electrons. The molecule has 162 valence electrons. The summed E-state index contributed by atoms with van der Waals surface area (Å²) in [6, 6.07) is 0. The Morgan fingerprint density at radius 1 is 0.857 bits per heavy atom. The highest BCUT2D eigenvalue weighted by atomic mass is 16.1. The maximum absolute atomic E-state index is 12.0. The zero-order chi connectivity index (χ0) is 20.8. The quantitative estimate of drug-likeness (QED) is 0.309. The Labute approximate surface area is 174 Å². The summed E-state index contributed by atoms with van der Waals surface area (Å²) in [5.41, 5.74) is 2.71. The Kier molecular flexibility index (Phi) is 12.4. The molecule has 0 aromatic carbocycles. The van der Waals surface area contributed by atoms with E-state index in [0.29, 0.717) is 12.2 Å². The Morgan fingerprint density at radius 3 is 1.82 bits per heavy atom. The van der Waals surface area contributed by atoms with Crippen LogP contribution in [-0.4, -0.2) is 18.7 Å². The third kappa shape index (κ3) is 9.89. The van der Waals surface area contributed by atoms with Gasteiger partial charge in [0.1, 0.15) is 0 Å². The maximum Gasteiger partial charge on any atom is 0.219 e. The summed E-state index contributed by atoms with van der Waals surface area (Å²) in [5, 5.41) is 2.68. The highest BCUT2D eigenvalue weighted by Crippen LogP contribution is 2.41. The molecule has 0 unspecified atom stereocenters. The van der Waals surface area contributed by atoms with Gasteiger partial charge in [-0.2, -0.15) is 0 Å². The van der Waals surface area contributed by atoms with Gasteiger partial charge < -0.3 is 5.32 Å². The van der Waals surface area contributed by atoms with Gasteiger partial charge in [-0.05, 0) is 43.6 Å². The van der Waals surface area contributed by atoms with Crippen LogP contribution in [-0.2, 0) is 9.59 Å². The van der Waals surface area contributed by atoms with Crippen LogP contribution in [0.4, 0.5) is 0 Å². The van der Waals surface area contributed by atoms with E-state index in [-0.39, 0.29) is 11.3 Å². The molecule has 0 spiro atoms. The van der Waals surface area contributed by atoms with Gasteiger partial charge in [-0.25, -0.2) is 0 Å². The van der Waals surface area contributed by atoms with Crippen LogP contribution in [0.2, 0.25) is 0 Å². The van der Waals surface area contributed by atoms with E-state index in [0.717, 1.165) is 31.3 Å². The summed E-state index contributed by atoms with van der Waals surface area (Å²) in [6.45, 7) is 6.65. The Bertz CT molecular complexity index is 505. The smallest absolute Gasteiger partial charge is 0.219 e. The summed E-state index contributed by atoms with van der Waals surface area (Å²) in [5.74, 6) is 0.545. The molecule has 0 atom stereocenters. The number of nitrogens with one attached hydrogen (secondary N) is 1. The number of unbranched alkanes of at least 4 members (excludes halogenated alkanes) is 11. The van der Waals surface area contributed by atoms with Crippen molar-refractivity contribution in [2.45, 2.75) is 124 Å². The summed E-state index contributed by atoms with van der Waals surface area (Å²) in [7, 11) is 1.71. The van der Waals surface area contributed by atoms with E-state index in [9.17, 15) is 9.59 Å². The van der Waals surface area contributed by atoms with Crippen LogP contribution < -0.4 is 5.32 Å². The SMILES string of the molecule is CNC(=O)CCCCCCCCCCCCCCC1=C(C)C(=O)CCC1(C)C. The topological polar surface area (TPSA) is 46.2 Å². The fourth-order valence-electron chi connectivity index (χ4n) is 4.45. The summed E-state index contributed by atoms with van der Waals surface area (Å²) in [4.78, 5) is 23.1. The van der Waals surface area contributed by atoms with Crippen LogP contribution in [0.3, 0.4) is 0 Å². The number of rotatable bonds is 15. The lowest BCUT2D eigenvalue weighted by Gasteiger charge is -2.34. The van der Waals surface area contributed by atoms with Crippen molar-refractivity contribution in [3.63, 3.8) is 0 Å². The number of amides is 1. The van der Waals surface area contributed by atoms with Gasteiger partial charge in [0.2, 0.25) is 5.91 Å². The Balaban J connectivity index is 1.94. The van der Waals surface area contributed by atoms with Crippen molar-refractivity contribution in [3.8, 4) is 0 Å². The molecule has 28 heavy (non-hydrogen) atoms. The molecule has 0 heterocycles. The molecule has 0 aromatic heterocycles. The fourth-order valence-corrected chi connectivity index (χ4v) is 4.45. The van der Waals surface area contributed by atoms with Crippen LogP contribution in [0.1, 0.15) is 124 Å². The summed E-state index contributed by atoms with van der Waals surface area (Å²) < 4.78 is 0. The normalized spacial score (nSPS) is 16.5. The zero-order valence-corrected chi connectivity index (χ0v) is 19.1. The van der Waals surface area contributed by atoms with Crippen molar-refractivity contribution >= 4 is 11.7 Å². The average molecular weight is 392 g/mol. The van der Waals surface area contributed by atoms with E-state index < -0.39 is 0 Å². The van der Waals surface area contributed by atoms with Crippen LogP contribution in [0, 0.1) is 5.41 Å². The molecule has 1 amide bonds. The number of carbonyl (C=O) groups excluding carboxylic acids is 2. The van der Waals surface area contributed by atoms with E-state index in [2.05, 4.69) is 19.2 Å². The molecule has 0 saturated carbocycles. The second-order valence-corrected chi connectivity index (χ2v) is 9.33. The Morgan fingerprint density at radius 2 is 1.32 bits per heavy atom. The minimum atomic E-state index is 0.169. The van der Waals surface area contributed by atoms with Crippen LogP contribution >= 0.6 is 0 Å². The summed E-state index contributed by atoms with van der Waals surface area (Å²) in [6.07, 6.45) is 19.0. The summed E-state index contributed by atoms with van der Waals surface area (Å²) >= 11 is 0. The van der Waals surface area contributed by atoms with Gasteiger partial charge in [0.15, 0.2) is 5.78 Å². The molecular formula is C25H45NO2. The highest BCUT2D eigenvalue weighted by Gasteiger charge is 2.31. The third-order valence-corrected chi connectivity index (χ3v) is 6.52. The predicted octanol–water partition coefficient (Wildman–Crippen LogP) is 6.90. The molecule has 1 aliphatic rings. The van der Waals surface area contributed by atoms with Gasteiger partial charge in [-0.3, -0.25) is 9.59 Å². The number of ketones is 1. The van der Waals surface area contributed by atoms with Crippen LogP contribution in [0.15, 0.2) is 11.1 Å². The largest absolute Gasteiger partial charge is 0.359 e. The van der Waals surface area contributed by atoms with Crippen molar-refractivity contribution in [2.24, 2.45) is 5.41 Å². The lowest BCUT2D eigenvalue weighted by atomic mass is 9.70. The average Bonchev–Trinajstić information content (AvgIpc) is 2.67. The van der Waals surface area contributed by atoms with E-state index in [1.807, 2.05) is 6.92 Å². The molecule has 0 aliphatic heterocycles. The van der Waals surface area contributed by atoms with Crippen molar-refractivity contribution < 1.29 is 9.59 Å². The van der Waals surface area contributed by atoms with Crippen LogP contribution in [0.25, 0.3) is 0 Å². The maximum atomic E-state index is 12.0. The molecule has 0 bridgehead atoms. The van der Waals surface area contributed by atoms with E-state index >= 15 is 0 Å².